The second kappa shape index (κ2) is 11.2. The van der Waals surface area contributed by atoms with Gasteiger partial charge in [-0.25, -0.2) is 4.98 Å². The quantitative estimate of drug-likeness (QED) is 0.382. The minimum atomic E-state index is -0.608. The SMILES string of the molecule is C=CC(=O)N1CC(Oc2cc(C[C@@H](C)[C@@H]3CCCN3C)nc(-c3noc([C@@]4(C)CCCc5sc(N)c(C#N)c54)n3)c2)C1. The lowest BCUT2D eigenvalue weighted by atomic mass is 9.72. The van der Waals surface area contributed by atoms with E-state index in [0.717, 1.165) is 48.4 Å². The van der Waals surface area contributed by atoms with Gasteiger partial charge in [0.25, 0.3) is 0 Å². The summed E-state index contributed by atoms with van der Waals surface area (Å²) in [5.41, 5.74) is 8.53. The second-order valence-electron chi connectivity index (χ2n) is 12.1. The van der Waals surface area contributed by atoms with Crippen molar-refractivity contribution in [1.29, 1.82) is 5.26 Å². The van der Waals surface area contributed by atoms with E-state index in [2.05, 4.69) is 43.6 Å². The van der Waals surface area contributed by atoms with Gasteiger partial charge in [0.1, 0.15) is 28.6 Å². The number of rotatable bonds is 8. The van der Waals surface area contributed by atoms with Gasteiger partial charge < -0.3 is 24.8 Å². The first-order chi connectivity index (χ1) is 20.2. The number of nitrogen functional groups attached to an aromatic ring is 1. The summed E-state index contributed by atoms with van der Waals surface area (Å²) in [6.07, 6.45) is 7.01. The van der Waals surface area contributed by atoms with Crippen LogP contribution in [0.1, 0.15) is 67.1 Å². The molecule has 0 saturated carbocycles. The van der Waals surface area contributed by atoms with E-state index in [-0.39, 0.29) is 12.0 Å². The Balaban J connectivity index is 1.31. The number of nitrogens with zero attached hydrogens (tertiary/aromatic N) is 6. The van der Waals surface area contributed by atoms with E-state index in [1.807, 2.05) is 12.1 Å². The molecule has 0 radical (unpaired) electrons. The lowest BCUT2D eigenvalue weighted by Gasteiger charge is -2.38. The third-order valence-corrected chi connectivity index (χ3v) is 10.2. The first kappa shape index (κ1) is 28.4. The van der Waals surface area contributed by atoms with Crippen LogP contribution >= 0.6 is 11.3 Å². The summed E-state index contributed by atoms with van der Waals surface area (Å²) in [5.74, 6) is 1.83. The number of fused-ring (bicyclic) bond motifs is 1. The molecule has 0 spiro atoms. The van der Waals surface area contributed by atoms with Crippen molar-refractivity contribution >= 4 is 22.2 Å². The molecule has 6 rings (SSSR count). The van der Waals surface area contributed by atoms with Crippen LogP contribution in [0.15, 0.2) is 29.3 Å². The molecule has 3 aliphatic rings. The molecule has 1 amide bonds. The number of aromatic nitrogens is 3. The molecule has 2 saturated heterocycles. The van der Waals surface area contributed by atoms with E-state index in [1.165, 1.54) is 30.3 Å². The number of likely N-dealkylation sites (tertiary alicyclic amines) is 2. The summed E-state index contributed by atoms with van der Waals surface area (Å²) in [6.45, 7) is 10.0. The summed E-state index contributed by atoms with van der Waals surface area (Å²) in [6, 6.07) is 6.65. The van der Waals surface area contributed by atoms with E-state index < -0.39 is 5.41 Å². The minimum Gasteiger partial charge on any atom is -0.487 e. The number of hydrogen-bond acceptors (Lipinski definition) is 10. The highest BCUT2D eigenvalue weighted by Gasteiger charge is 2.43. The van der Waals surface area contributed by atoms with Gasteiger partial charge in [-0.2, -0.15) is 10.2 Å². The molecule has 220 valence electrons. The molecule has 0 unspecified atom stereocenters. The molecule has 3 aromatic rings. The standard InChI is InChI=1S/C31H37N7O3S/c1-5-26(39)38-16-21(17-38)40-20-13-19(12-18(2)24-8-7-11-37(24)4)34-23(14-20)29-35-30(41-36-29)31(3)10-6-9-25-27(31)22(15-32)28(33)42-25/h5,13-14,18,21,24H,1,6-12,16-17,33H2,2-4H3/t18-,24+,31+/m1/s1. The number of hydrogen-bond donors (Lipinski definition) is 1. The van der Waals surface area contributed by atoms with E-state index >= 15 is 0 Å². The van der Waals surface area contributed by atoms with E-state index in [4.69, 9.17) is 25.0 Å². The summed E-state index contributed by atoms with van der Waals surface area (Å²) >= 11 is 1.48. The molecule has 42 heavy (non-hydrogen) atoms. The van der Waals surface area contributed by atoms with Crippen LogP contribution in [-0.4, -0.2) is 69.7 Å². The van der Waals surface area contributed by atoms with Gasteiger partial charge in [-0.15, -0.1) is 11.3 Å². The monoisotopic (exact) mass is 587 g/mol. The Bertz CT molecular complexity index is 1550. The van der Waals surface area contributed by atoms with Gasteiger partial charge in [0, 0.05) is 34.3 Å². The van der Waals surface area contributed by atoms with Crippen molar-refractivity contribution in [3.05, 3.63) is 52.4 Å². The molecule has 1 aliphatic carbocycles. The zero-order valence-electron chi connectivity index (χ0n) is 24.4. The Morgan fingerprint density at radius 1 is 1.38 bits per heavy atom. The number of nitriles is 1. The van der Waals surface area contributed by atoms with Gasteiger partial charge in [-0.3, -0.25) is 4.79 Å². The number of pyridine rings is 1. The van der Waals surface area contributed by atoms with Gasteiger partial charge in [0.15, 0.2) is 0 Å². The van der Waals surface area contributed by atoms with Gasteiger partial charge in [0.05, 0.1) is 24.1 Å². The van der Waals surface area contributed by atoms with Crippen molar-refractivity contribution in [2.45, 2.75) is 69.9 Å². The predicted molar refractivity (Wildman–Crippen MR) is 160 cm³/mol. The van der Waals surface area contributed by atoms with Crippen molar-refractivity contribution in [3.63, 3.8) is 0 Å². The fourth-order valence-electron chi connectivity index (χ4n) is 6.84. The Morgan fingerprint density at radius 2 is 2.19 bits per heavy atom. The maximum absolute atomic E-state index is 11.9. The highest BCUT2D eigenvalue weighted by molar-refractivity contribution is 7.16. The molecular formula is C31H37N7O3S. The van der Waals surface area contributed by atoms with Crippen molar-refractivity contribution in [1.82, 2.24) is 24.9 Å². The Morgan fingerprint density at radius 3 is 2.90 bits per heavy atom. The van der Waals surface area contributed by atoms with Gasteiger partial charge in [-0.05, 0) is 71.0 Å². The van der Waals surface area contributed by atoms with Crippen LogP contribution in [-0.2, 0) is 23.1 Å². The predicted octanol–water partition coefficient (Wildman–Crippen LogP) is 4.34. The third kappa shape index (κ3) is 5.07. The van der Waals surface area contributed by atoms with Crippen LogP contribution in [0, 0.1) is 17.2 Å². The summed E-state index contributed by atoms with van der Waals surface area (Å²) in [5, 5.41) is 14.8. The minimum absolute atomic E-state index is 0.0916. The topological polar surface area (TPSA) is 134 Å². The van der Waals surface area contributed by atoms with E-state index in [0.29, 0.717) is 58.8 Å². The van der Waals surface area contributed by atoms with Crippen molar-refractivity contribution < 1.29 is 14.1 Å². The van der Waals surface area contributed by atoms with Crippen LogP contribution < -0.4 is 10.5 Å². The molecule has 2 aliphatic heterocycles. The number of nitrogens with two attached hydrogens (primary N) is 1. The fourth-order valence-corrected chi connectivity index (χ4v) is 8.03. The van der Waals surface area contributed by atoms with E-state index in [1.54, 1.807) is 4.90 Å². The second-order valence-corrected chi connectivity index (χ2v) is 13.2. The maximum Gasteiger partial charge on any atom is 0.246 e. The van der Waals surface area contributed by atoms with Crippen molar-refractivity contribution in [3.8, 4) is 23.3 Å². The van der Waals surface area contributed by atoms with E-state index in [9.17, 15) is 10.1 Å². The normalized spacial score (nSPS) is 23.2. The lowest BCUT2D eigenvalue weighted by Crippen LogP contribution is -2.55. The molecule has 0 bridgehead atoms. The van der Waals surface area contributed by atoms with Gasteiger partial charge >= 0.3 is 0 Å². The first-order valence-electron chi connectivity index (χ1n) is 14.7. The van der Waals surface area contributed by atoms with Crippen LogP contribution in [0.5, 0.6) is 5.75 Å². The number of ether oxygens (including phenoxy) is 1. The van der Waals surface area contributed by atoms with Crippen molar-refractivity contribution in [2.75, 3.05) is 32.4 Å². The van der Waals surface area contributed by atoms with Crippen LogP contribution in [0.25, 0.3) is 11.5 Å². The average molecular weight is 588 g/mol. The molecule has 5 heterocycles. The highest BCUT2D eigenvalue weighted by atomic mass is 32.1. The molecule has 2 N–H and O–H groups in total. The zero-order valence-corrected chi connectivity index (χ0v) is 25.2. The molecule has 3 aromatic heterocycles. The maximum atomic E-state index is 11.9. The molecule has 2 fully saturated rings. The van der Waals surface area contributed by atoms with Gasteiger partial charge in [-0.1, -0.05) is 18.7 Å². The van der Waals surface area contributed by atoms with Crippen LogP contribution in [0.3, 0.4) is 0 Å². The molecule has 0 aromatic carbocycles. The molecule has 11 heteroatoms. The molecule has 10 nitrogen and oxygen atoms in total. The smallest absolute Gasteiger partial charge is 0.246 e. The van der Waals surface area contributed by atoms with Gasteiger partial charge in [0.2, 0.25) is 17.6 Å². The number of thiophene rings is 1. The Kier molecular flexibility index (Phi) is 7.53. The lowest BCUT2D eigenvalue weighted by molar-refractivity contribution is -0.134. The van der Waals surface area contributed by atoms with Crippen LogP contribution in [0.2, 0.25) is 0 Å². The number of carbonyl (C=O) groups excluding carboxylic acids is 1. The Hall–Kier alpha value is -3.75. The fraction of sp³-hybridized carbons (Fsp3) is 0.516. The zero-order chi connectivity index (χ0) is 29.6. The number of aryl methyl sites for hydroxylation is 1. The number of anilines is 1. The summed E-state index contributed by atoms with van der Waals surface area (Å²) < 4.78 is 12.2. The summed E-state index contributed by atoms with van der Waals surface area (Å²) in [7, 11) is 2.19. The Labute approximate surface area is 250 Å². The van der Waals surface area contributed by atoms with Crippen LogP contribution in [0.4, 0.5) is 5.00 Å². The molecule has 3 atom stereocenters. The third-order valence-electron chi connectivity index (χ3n) is 9.13. The average Bonchev–Trinajstić information content (AvgIpc) is 3.69. The van der Waals surface area contributed by atoms with Crippen molar-refractivity contribution in [2.24, 2.45) is 5.92 Å². The number of carbonyl (C=O) groups is 1. The first-order valence-corrected chi connectivity index (χ1v) is 15.5. The highest BCUT2D eigenvalue weighted by Crippen LogP contribution is 2.48. The number of amides is 1. The summed E-state index contributed by atoms with van der Waals surface area (Å²) in [4.78, 5) is 27.0. The largest absolute Gasteiger partial charge is 0.487 e. The molecular weight excluding hydrogens is 550 g/mol.